The molecule has 2 saturated heterocycles. The normalized spacial score (nSPS) is 36.0. The first-order valence-electron chi connectivity index (χ1n) is 7.43. The van der Waals surface area contributed by atoms with Crippen molar-refractivity contribution in [3.63, 3.8) is 0 Å². The molecule has 2 rings (SSSR count). The van der Waals surface area contributed by atoms with Crippen LogP contribution in [-0.4, -0.2) is 42.8 Å². The summed E-state index contributed by atoms with van der Waals surface area (Å²) in [5, 5.41) is 0. The predicted octanol–water partition coefficient (Wildman–Crippen LogP) is 2.15. The van der Waals surface area contributed by atoms with Crippen molar-refractivity contribution in [3.8, 4) is 0 Å². The van der Waals surface area contributed by atoms with Gasteiger partial charge in [-0.1, -0.05) is 19.8 Å². The molecule has 0 aromatic heterocycles. The summed E-state index contributed by atoms with van der Waals surface area (Å²) in [6.45, 7) is 5.41. The van der Waals surface area contributed by atoms with E-state index in [2.05, 4.69) is 11.8 Å². The van der Waals surface area contributed by atoms with Crippen LogP contribution in [0.2, 0.25) is 0 Å². The van der Waals surface area contributed by atoms with Crippen LogP contribution in [0, 0.1) is 0 Å². The van der Waals surface area contributed by atoms with Crippen molar-refractivity contribution < 1.29 is 4.74 Å². The quantitative estimate of drug-likeness (QED) is 0.818. The Morgan fingerprint density at radius 2 is 1.94 bits per heavy atom. The largest absolute Gasteiger partial charge is 0.372 e. The van der Waals surface area contributed by atoms with E-state index in [0.29, 0.717) is 18.8 Å². The molecule has 0 aliphatic carbocycles. The summed E-state index contributed by atoms with van der Waals surface area (Å²) in [5.74, 6) is 0. The molecule has 3 heteroatoms. The number of hydrogen-bond acceptors (Lipinski definition) is 3. The first-order chi connectivity index (χ1) is 8.33. The number of ether oxygens (including phenoxy) is 1. The lowest BCUT2D eigenvalue weighted by Crippen LogP contribution is -2.40. The topological polar surface area (TPSA) is 38.5 Å². The molecule has 3 atom stereocenters. The van der Waals surface area contributed by atoms with Gasteiger partial charge in [-0.25, -0.2) is 0 Å². The maximum absolute atomic E-state index is 5.98. The van der Waals surface area contributed by atoms with Crippen molar-refractivity contribution >= 4 is 0 Å². The zero-order valence-electron chi connectivity index (χ0n) is 11.2. The van der Waals surface area contributed by atoms with Crippen LogP contribution >= 0.6 is 0 Å². The van der Waals surface area contributed by atoms with Crippen LogP contribution < -0.4 is 5.73 Å². The predicted molar refractivity (Wildman–Crippen MR) is 71.1 cm³/mol. The lowest BCUT2D eigenvalue weighted by atomic mass is 10.1. The van der Waals surface area contributed by atoms with Gasteiger partial charge in [0.15, 0.2) is 0 Å². The molecular weight excluding hydrogens is 212 g/mol. The summed E-state index contributed by atoms with van der Waals surface area (Å²) in [5.41, 5.74) is 5.67. The van der Waals surface area contributed by atoms with Gasteiger partial charge in [0.1, 0.15) is 0 Å². The summed E-state index contributed by atoms with van der Waals surface area (Å²) in [6, 6.07) is 0.790. The maximum atomic E-state index is 5.98. The number of nitrogens with zero attached hydrogens (tertiary/aromatic N) is 1. The van der Waals surface area contributed by atoms with Gasteiger partial charge in [-0.2, -0.15) is 0 Å². The van der Waals surface area contributed by atoms with Crippen LogP contribution in [0.4, 0.5) is 0 Å². The smallest absolute Gasteiger partial charge is 0.0707 e. The molecule has 100 valence electrons. The molecule has 3 nitrogen and oxygen atoms in total. The molecule has 0 radical (unpaired) electrons. The van der Waals surface area contributed by atoms with Gasteiger partial charge in [-0.05, 0) is 38.6 Å². The van der Waals surface area contributed by atoms with E-state index in [1.807, 2.05) is 0 Å². The second-order valence-electron chi connectivity index (χ2n) is 5.60. The lowest BCUT2D eigenvalue weighted by Gasteiger charge is -2.31. The zero-order chi connectivity index (χ0) is 12.1. The Bertz CT molecular complexity index is 222. The van der Waals surface area contributed by atoms with Crippen molar-refractivity contribution in [1.29, 1.82) is 0 Å². The third kappa shape index (κ3) is 3.67. The summed E-state index contributed by atoms with van der Waals surface area (Å²) in [4.78, 5) is 2.68. The van der Waals surface area contributed by atoms with Crippen LogP contribution in [0.25, 0.3) is 0 Å². The minimum Gasteiger partial charge on any atom is -0.372 e. The summed E-state index contributed by atoms with van der Waals surface area (Å²) >= 11 is 0. The monoisotopic (exact) mass is 240 g/mol. The fourth-order valence-corrected chi connectivity index (χ4v) is 3.29. The van der Waals surface area contributed by atoms with Gasteiger partial charge in [0, 0.05) is 19.1 Å². The first kappa shape index (κ1) is 13.3. The van der Waals surface area contributed by atoms with Crippen LogP contribution in [-0.2, 0) is 4.74 Å². The van der Waals surface area contributed by atoms with Crippen LogP contribution in [0.15, 0.2) is 0 Å². The van der Waals surface area contributed by atoms with Gasteiger partial charge < -0.3 is 10.5 Å². The highest BCUT2D eigenvalue weighted by molar-refractivity contribution is 4.81. The standard InChI is InChI=1S/C14H28N2O/c1-2-12-6-4-3-5-9-16(12)11-14-8-7-13(10-15)17-14/h12-14H,2-11,15H2,1H3. The Hall–Kier alpha value is -0.120. The molecule has 0 aromatic rings. The van der Waals surface area contributed by atoms with E-state index < -0.39 is 0 Å². The molecule has 0 aromatic carbocycles. The Morgan fingerprint density at radius 1 is 1.12 bits per heavy atom. The van der Waals surface area contributed by atoms with Crippen LogP contribution in [0.5, 0.6) is 0 Å². The Balaban J connectivity index is 1.83. The highest BCUT2D eigenvalue weighted by atomic mass is 16.5. The summed E-state index contributed by atoms with van der Waals surface area (Å²) < 4.78 is 5.98. The van der Waals surface area contributed by atoms with E-state index in [4.69, 9.17) is 10.5 Å². The van der Waals surface area contributed by atoms with Gasteiger partial charge in [-0.3, -0.25) is 4.90 Å². The SMILES string of the molecule is CCC1CCCCCN1CC1CCC(CN)O1. The molecule has 2 aliphatic heterocycles. The van der Waals surface area contributed by atoms with Crippen molar-refractivity contribution in [1.82, 2.24) is 4.90 Å². The second-order valence-corrected chi connectivity index (χ2v) is 5.60. The van der Waals surface area contributed by atoms with Crippen LogP contribution in [0.3, 0.4) is 0 Å². The molecule has 2 fully saturated rings. The molecular formula is C14H28N2O. The first-order valence-corrected chi connectivity index (χ1v) is 7.43. The molecule has 2 N–H and O–H groups in total. The molecule has 0 amide bonds. The van der Waals surface area contributed by atoms with Gasteiger partial charge in [0.05, 0.1) is 12.2 Å². The molecule has 2 aliphatic rings. The molecule has 0 saturated carbocycles. The van der Waals surface area contributed by atoms with Crippen molar-refractivity contribution in [2.45, 2.75) is 70.1 Å². The van der Waals surface area contributed by atoms with E-state index in [9.17, 15) is 0 Å². The summed E-state index contributed by atoms with van der Waals surface area (Å²) in [7, 11) is 0. The van der Waals surface area contributed by atoms with Gasteiger partial charge in [0.25, 0.3) is 0 Å². The van der Waals surface area contributed by atoms with E-state index in [-0.39, 0.29) is 0 Å². The minimum atomic E-state index is 0.326. The fraction of sp³-hybridized carbons (Fsp3) is 1.00. The van der Waals surface area contributed by atoms with Gasteiger partial charge >= 0.3 is 0 Å². The summed E-state index contributed by atoms with van der Waals surface area (Å²) in [6.07, 6.45) is 9.97. The Morgan fingerprint density at radius 3 is 2.65 bits per heavy atom. The Kier molecular flexibility index (Phi) is 5.26. The van der Waals surface area contributed by atoms with E-state index in [0.717, 1.165) is 19.0 Å². The lowest BCUT2D eigenvalue weighted by molar-refractivity contribution is 0.0176. The Labute approximate surface area is 106 Å². The van der Waals surface area contributed by atoms with Gasteiger partial charge in [-0.15, -0.1) is 0 Å². The minimum absolute atomic E-state index is 0.326. The fourth-order valence-electron chi connectivity index (χ4n) is 3.29. The highest BCUT2D eigenvalue weighted by Crippen LogP contribution is 2.24. The highest BCUT2D eigenvalue weighted by Gasteiger charge is 2.28. The van der Waals surface area contributed by atoms with Crippen LogP contribution in [0.1, 0.15) is 51.9 Å². The molecule has 2 heterocycles. The zero-order valence-corrected chi connectivity index (χ0v) is 11.2. The van der Waals surface area contributed by atoms with E-state index in [1.54, 1.807) is 0 Å². The third-order valence-electron chi connectivity index (χ3n) is 4.37. The average molecular weight is 240 g/mol. The molecule has 17 heavy (non-hydrogen) atoms. The van der Waals surface area contributed by atoms with Crippen molar-refractivity contribution in [2.24, 2.45) is 5.73 Å². The number of rotatable bonds is 4. The maximum Gasteiger partial charge on any atom is 0.0707 e. The second kappa shape index (κ2) is 6.72. The van der Waals surface area contributed by atoms with E-state index in [1.165, 1.54) is 45.1 Å². The number of hydrogen-bond donors (Lipinski definition) is 1. The molecule has 0 spiro atoms. The van der Waals surface area contributed by atoms with E-state index >= 15 is 0 Å². The average Bonchev–Trinajstić information content (AvgIpc) is 2.68. The third-order valence-corrected chi connectivity index (χ3v) is 4.37. The van der Waals surface area contributed by atoms with Crippen molar-refractivity contribution in [2.75, 3.05) is 19.6 Å². The molecule has 3 unspecified atom stereocenters. The van der Waals surface area contributed by atoms with Crippen molar-refractivity contribution in [3.05, 3.63) is 0 Å². The van der Waals surface area contributed by atoms with Gasteiger partial charge in [0.2, 0.25) is 0 Å². The number of nitrogens with two attached hydrogens (primary N) is 1. The number of likely N-dealkylation sites (tertiary alicyclic amines) is 1. The molecule has 0 bridgehead atoms.